The zero-order valence-electron chi connectivity index (χ0n) is 6.14. The van der Waals surface area contributed by atoms with Gasteiger partial charge in [-0.3, -0.25) is 0 Å². The van der Waals surface area contributed by atoms with Gasteiger partial charge in [-0.25, -0.2) is 4.39 Å². The van der Waals surface area contributed by atoms with Crippen LogP contribution in [0.25, 0.3) is 0 Å². The first kappa shape index (κ1) is 9.05. The molecule has 1 N–H and O–H groups in total. The van der Waals surface area contributed by atoms with Gasteiger partial charge < -0.3 is 5.11 Å². The fraction of sp³-hybridized carbons (Fsp3) is 0.111. The van der Waals surface area contributed by atoms with Crippen LogP contribution >= 0.6 is 11.6 Å². The quantitative estimate of drug-likeness (QED) is 0.610. The van der Waals surface area contributed by atoms with Crippen LogP contribution in [-0.2, 0) is 0 Å². The summed E-state index contributed by atoms with van der Waals surface area (Å²) in [6.45, 7) is -0.286. The molecule has 0 bridgehead atoms. The highest BCUT2D eigenvalue weighted by Crippen LogP contribution is 2.16. The molecule has 0 heterocycles. The van der Waals surface area contributed by atoms with Crippen LogP contribution in [0.3, 0.4) is 0 Å². The Balaban J connectivity index is 3.08. The Bertz CT molecular complexity index is 338. The maximum atomic E-state index is 13.0. The molecule has 0 aromatic heterocycles. The van der Waals surface area contributed by atoms with E-state index in [1.54, 1.807) is 6.07 Å². The molecular formula is C9H6ClFO. The molecule has 0 saturated carbocycles. The normalized spacial score (nSPS) is 8.92. The van der Waals surface area contributed by atoms with Crippen molar-refractivity contribution in [2.75, 3.05) is 6.61 Å². The molecule has 0 fully saturated rings. The van der Waals surface area contributed by atoms with E-state index >= 15 is 0 Å². The van der Waals surface area contributed by atoms with E-state index in [-0.39, 0.29) is 17.2 Å². The molecule has 12 heavy (non-hydrogen) atoms. The van der Waals surface area contributed by atoms with Gasteiger partial charge >= 0.3 is 0 Å². The first-order valence-corrected chi connectivity index (χ1v) is 3.67. The summed E-state index contributed by atoms with van der Waals surface area (Å²) in [7, 11) is 0. The lowest BCUT2D eigenvalue weighted by Crippen LogP contribution is -1.84. The van der Waals surface area contributed by atoms with E-state index in [9.17, 15) is 4.39 Å². The summed E-state index contributed by atoms with van der Waals surface area (Å²) < 4.78 is 13.0. The zero-order valence-corrected chi connectivity index (χ0v) is 6.90. The average Bonchev–Trinajstić information content (AvgIpc) is 2.08. The van der Waals surface area contributed by atoms with Crippen molar-refractivity contribution in [3.63, 3.8) is 0 Å². The second kappa shape index (κ2) is 4.10. The third-order valence-electron chi connectivity index (χ3n) is 1.25. The van der Waals surface area contributed by atoms with E-state index in [0.717, 1.165) is 0 Å². The molecule has 0 unspecified atom stereocenters. The Morgan fingerprint density at radius 1 is 1.50 bits per heavy atom. The van der Waals surface area contributed by atoms with Gasteiger partial charge in [0.05, 0.1) is 10.6 Å². The van der Waals surface area contributed by atoms with Gasteiger partial charge in [-0.1, -0.05) is 29.5 Å². The predicted molar refractivity (Wildman–Crippen MR) is 45.4 cm³/mol. The Morgan fingerprint density at radius 2 is 2.25 bits per heavy atom. The lowest BCUT2D eigenvalue weighted by atomic mass is 10.2. The van der Waals surface area contributed by atoms with E-state index in [2.05, 4.69) is 11.8 Å². The van der Waals surface area contributed by atoms with Gasteiger partial charge in [0, 0.05) is 0 Å². The first-order valence-electron chi connectivity index (χ1n) is 3.29. The van der Waals surface area contributed by atoms with E-state index in [1.807, 2.05) is 0 Å². The number of aliphatic hydroxyl groups is 1. The molecule has 0 atom stereocenters. The van der Waals surface area contributed by atoms with Crippen LogP contribution in [0.15, 0.2) is 18.2 Å². The van der Waals surface area contributed by atoms with Crippen molar-refractivity contribution >= 4 is 11.6 Å². The highest BCUT2D eigenvalue weighted by Gasteiger charge is 2.01. The van der Waals surface area contributed by atoms with E-state index < -0.39 is 5.82 Å². The molecule has 1 rings (SSSR count). The van der Waals surface area contributed by atoms with Gasteiger partial charge in [0.25, 0.3) is 0 Å². The molecule has 0 spiro atoms. The van der Waals surface area contributed by atoms with Crippen molar-refractivity contribution < 1.29 is 9.50 Å². The van der Waals surface area contributed by atoms with E-state index in [1.165, 1.54) is 12.1 Å². The third-order valence-corrected chi connectivity index (χ3v) is 1.55. The van der Waals surface area contributed by atoms with Crippen LogP contribution in [0, 0.1) is 17.7 Å². The SMILES string of the molecule is OCC#Cc1cccc(Cl)c1F. The van der Waals surface area contributed by atoms with Crippen LogP contribution in [-0.4, -0.2) is 11.7 Å². The molecule has 1 aromatic rings. The monoisotopic (exact) mass is 184 g/mol. The summed E-state index contributed by atoms with van der Waals surface area (Å²) in [6, 6.07) is 4.55. The first-order chi connectivity index (χ1) is 5.75. The van der Waals surface area contributed by atoms with Crippen molar-refractivity contribution in [1.82, 2.24) is 0 Å². The lowest BCUT2D eigenvalue weighted by Gasteiger charge is -1.94. The minimum absolute atomic E-state index is 0.0414. The predicted octanol–water partition coefficient (Wildman–Crippen LogP) is 1.82. The van der Waals surface area contributed by atoms with Crippen molar-refractivity contribution in [3.8, 4) is 11.8 Å². The number of aliphatic hydroxyl groups excluding tert-OH is 1. The highest BCUT2D eigenvalue weighted by molar-refractivity contribution is 6.30. The lowest BCUT2D eigenvalue weighted by molar-refractivity contribution is 0.350. The topological polar surface area (TPSA) is 20.2 Å². The smallest absolute Gasteiger partial charge is 0.157 e. The summed E-state index contributed by atoms with van der Waals surface area (Å²) in [5.74, 6) is 4.24. The zero-order chi connectivity index (χ0) is 8.97. The summed E-state index contributed by atoms with van der Waals surface area (Å²) in [6.07, 6.45) is 0. The summed E-state index contributed by atoms with van der Waals surface area (Å²) in [4.78, 5) is 0. The number of hydrogen-bond acceptors (Lipinski definition) is 1. The molecule has 0 radical (unpaired) electrons. The Kier molecular flexibility index (Phi) is 3.09. The molecule has 0 aliphatic rings. The average molecular weight is 185 g/mol. The van der Waals surface area contributed by atoms with Gasteiger partial charge in [-0.2, -0.15) is 0 Å². The van der Waals surface area contributed by atoms with Gasteiger partial charge in [0.15, 0.2) is 5.82 Å². The van der Waals surface area contributed by atoms with Crippen LogP contribution in [0.4, 0.5) is 4.39 Å². The van der Waals surface area contributed by atoms with Crippen LogP contribution in [0.5, 0.6) is 0 Å². The third kappa shape index (κ3) is 1.97. The van der Waals surface area contributed by atoms with Crippen LogP contribution in [0.1, 0.15) is 5.56 Å². The molecule has 3 heteroatoms. The summed E-state index contributed by atoms with van der Waals surface area (Å²) >= 11 is 5.49. The Labute approximate surface area is 74.8 Å². The number of rotatable bonds is 0. The van der Waals surface area contributed by atoms with Crippen molar-refractivity contribution in [2.45, 2.75) is 0 Å². The largest absolute Gasteiger partial charge is 0.384 e. The van der Waals surface area contributed by atoms with E-state index in [0.29, 0.717) is 0 Å². The molecular weight excluding hydrogens is 179 g/mol. The number of benzene rings is 1. The summed E-state index contributed by atoms with van der Waals surface area (Å²) in [5.41, 5.74) is 0.205. The molecule has 1 nitrogen and oxygen atoms in total. The second-order valence-corrected chi connectivity index (χ2v) is 2.47. The summed E-state index contributed by atoms with van der Waals surface area (Å²) in [5, 5.41) is 8.40. The van der Waals surface area contributed by atoms with Gasteiger partial charge in [0.2, 0.25) is 0 Å². The van der Waals surface area contributed by atoms with Gasteiger partial charge in [-0.05, 0) is 12.1 Å². The second-order valence-electron chi connectivity index (χ2n) is 2.06. The minimum Gasteiger partial charge on any atom is -0.384 e. The standard InChI is InChI=1S/C9H6ClFO/c10-8-5-1-3-7(9(8)11)4-2-6-12/h1,3,5,12H,6H2. The van der Waals surface area contributed by atoms with Crippen molar-refractivity contribution in [3.05, 3.63) is 34.6 Å². The van der Waals surface area contributed by atoms with Crippen molar-refractivity contribution in [1.29, 1.82) is 0 Å². The molecule has 0 aliphatic heterocycles. The maximum absolute atomic E-state index is 13.0. The fourth-order valence-corrected chi connectivity index (χ4v) is 0.910. The number of hydrogen-bond donors (Lipinski definition) is 1. The molecule has 0 aliphatic carbocycles. The molecule has 0 saturated heterocycles. The Morgan fingerprint density at radius 3 is 2.92 bits per heavy atom. The van der Waals surface area contributed by atoms with Crippen LogP contribution in [0.2, 0.25) is 5.02 Å². The molecule has 62 valence electrons. The molecule has 0 amide bonds. The van der Waals surface area contributed by atoms with Gasteiger partial charge in [0.1, 0.15) is 6.61 Å². The number of halogens is 2. The van der Waals surface area contributed by atoms with Crippen LogP contribution < -0.4 is 0 Å². The fourth-order valence-electron chi connectivity index (χ4n) is 0.735. The Hall–Kier alpha value is -1.04. The minimum atomic E-state index is -0.542. The van der Waals surface area contributed by atoms with Gasteiger partial charge in [-0.15, -0.1) is 0 Å². The van der Waals surface area contributed by atoms with E-state index in [4.69, 9.17) is 16.7 Å². The highest BCUT2D eigenvalue weighted by atomic mass is 35.5. The molecule has 1 aromatic carbocycles. The maximum Gasteiger partial charge on any atom is 0.157 e. The van der Waals surface area contributed by atoms with Crippen molar-refractivity contribution in [2.24, 2.45) is 0 Å².